The highest BCUT2D eigenvalue weighted by Crippen LogP contribution is 2.38. The maximum atomic E-state index is 12.6. The van der Waals surface area contributed by atoms with Gasteiger partial charge in [-0.05, 0) is 51.7 Å². The zero-order valence-electron chi connectivity index (χ0n) is 15.5. The number of aryl methyl sites for hydroxylation is 1. The number of alkyl carbamates (subject to hydrolysis) is 1. The number of ether oxygens (including phenoxy) is 1. The van der Waals surface area contributed by atoms with Crippen LogP contribution in [0.15, 0.2) is 16.5 Å². The van der Waals surface area contributed by atoms with Crippen molar-refractivity contribution in [2.24, 2.45) is 11.8 Å². The maximum absolute atomic E-state index is 12.6. The van der Waals surface area contributed by atoms with Crippen molar-refractivity contribution in [2.75, 3.05) is 13.1 Å². The molecule has 0 spiro atoms. The lowest BCUT2D eigenvalue weighted by molar-refractivity contribution is 0.0491. The van der Waals surface area contributed by atoms with Crippen molar-refractivity contribution in [3.63, 3.8) is 0 Å². The Balaban J connectivity index is 1.59. The maximum Gasteiger partial charge on any atom is 0.407 e. The number of nitrogens with one attached hydrogen (secondary N) is 1. The van der Waals surface area contributed by atoms with Gasteiger partial charge in [0.2, 0.25) is 0 Å². The lowest BCUT2D eigenvalue weighted by Crippen LogP contribution is -2.42. The summed E-state index contributed by atoms with van der Waals surface area (Å²) in [5, 5.41) is 3.00. The quantitative estimate of drug-likeness (QED) is 0.910. The molecule has 0 unspecified atom stereocenters. The minimum Gasteiger partial charge on any atom is -0.456 e. The molecule has 1 aromatic rings. The topological polar surface area (TPSA) is 71.8 Å². The van der Waals surface area contributed by atoms with Gasteiger partial charge in [0.25, 0.3) is 5.91 Å². The first-order chi connectivity index (χ1) is 11.8. The molecular weight excluding hydrogens is 320 g/mol. The number of furan rings is 1. The predicted molar refractivity (Wildman–Crippen MR) is 93.4 cm³/mol. The molecule has 1 N–H and O–H groups in total. The average molecular weight is 348 g/mol. The van der Waals surface area contributed by atoms with E-state index in [1.807, 2.05) is 38.7 Å². The SMILES string of the molecule is CCc1ccc(C(=O)N2C[C@@H]3CC[C@H](NC(=O)OC(C)(C)C)[C@@H]3C2)o1. The largest absolute Gasteiger partial charge is 0.456 e. The lowest BCUT2D eigenvalue weighted by Gasteiger charge is -2.24. The van der Waals surface area contributed by atoms with E-state index < -0.39 is 5.60 Å². The Morgan fingerprint density at radius 3 is 2.68 bits per heavy atom. The van der Waals surface area contributed by atoms with Gasteiger partial charge in [-0.15, -0.1) is 0 Å². The van der Waals surface area contributed by atoms with Crippen molar-refractivity contribution < 1.29 is 18.7 Å². The summed E-state index contributed by atoms with van der Waals surface area (Å²) in [5.41, 5.74) is -0.504. The number of rotatable bonds is 3. The molecule has 1 aliphatic heterocycles. The molecule has 1 aromatic heterocycles. The predicted octanol–water partition coefficient (Wildman–Crippen LogP) is 3.22. The first-order valence-corrected chi connectivity index (χ1v) is 9.14. The second-order valence-electron chi connectivity index (χ2n) is 8.08. The van der Waals surface area contributed by atoms with E-state index in [4.69, 9.17) is 9.15 Å². The van der Waals surface area contributed by atoms with Crippen molar-refractivity contribution in [1.82, 2.24) is 10.2 Å². The zero-order chi connectivity index (χ0) is 18.2. The Labute approximate surface area is 148 Å². The van der Waals surface area contributed by atoms with Crippen molar-refractivity contribution in [3.05, 3.63) is 23.7 Å². The number of amides is 2. The molecule has 1 saturated heterocycles. The van der Waals surface area contributed by atoms with Crippen LogP contribution in [0.1, 0.15) is 56.9 Å². The number of likely N-dealkylation sites (tertiary alicyclic amines) is 1. The van der Waals surface area contributed by atoms with E-state index in [1.54, 1.807) is 6.07 Å². The summed E-state index contributed by atoms with van der Waals surface area (Å²) in [6.45, 7) is 8.96. The Hall–Kier alpha value is -1.98. The number of hydrogen-bond acceptors (Lipinski definition) is 4. The van der Waals surface area contributed by atoms with Gasteiger partial charge in [-0.25, -0.2) is 4.79 Å². The van der Waals surface area contributed by atoms with Crippen molar-refractivity contribution >= 4 is 12.0 Å². The third-order valence-electron chi connectivity index (χ3n) is 5.07. The van der Waals surface area contributed by atoms with E-state index in [-0.39, 0.29) is 24.0 Å². The molecule has 138 valence electrons. The van der Waals surface area contributed by atoms with Crippen molar-refractivity contribution in [2.45, 2.75) is 58.6 Å². The standard InChI is InChI=1S/C19H28N2O4/c1-5-13-7-9-16(24-13)17(22)21-10-12-6-8-15(14(12)11-21)20-18(23)25-19(2,3)4/h7,9,12,14-15H,5-6,8,10-11H2,1-4H3,(H,20,23)/t12-,14+,15-/m0/s1. The van der Waals surface area contributed by atoms with Crippen LogP contribution >= 0.6 is 0 Å². The smallest absolute Gasteiger partial charge is 0.407 e. The summed E-state index contributed by atoms with van der Waals surface area (Å²) in [7, 11) is 0. The van der Waals surface area contributed by atoms with E-state index in [0.717, 1.165) is 31.6 Å². The monoisotopic (exact) mass is 348 g/mol. The Kier molecular flexibility index (Phi) is 4.80. The number of nitrogens with zero attached hydrogens (tertiary/aromatic N) is 1. The van der Waals surface area contributed by atoms with Gasteiger partial charge in [-0.2, -0.15) is 0 Å². The fourth-order valence-electron chi connectivity index (χ4n) is 3.91. The summed E-state index contributed by atoms with van der Waals surface area (Å²) in [5.74, 6) is 1.91. The average Bonchev–Trinajstić information content (AvgIpc) is 3.21. The summed E-state index contributed by atoms with van der Waals surface area (Å²) >= 11 is 0. The second kappa shape index (κ2) is 6.73. The molecule has 3 rings (SSSR count). The fourth-order valence-corrected chi connectivity index (χ4v) is 3.91. The van der Waals surface area contributed by atoms with E-state index in [1.165, 1.54) is 0 Å². The highest BCUT2D eigenvalue weighted by atomic mass is 16.6. The molecule has 2 fully saturated rings. The third-order valence-corrected chi connectivity index (χ3v) is 5.07. The summed E-state index contributed by atoms with van der Waals surface area (Å²) in [6.07, 6.45) is 2.37. The van der Waals surface area contributed by atoms with Crippen LogP contribution in [0, 0.1) is 11.8 Å². The molecule has 0 radical (unpaired) electrons. The van der Waals surface area contributed by atoms with E-state index in [2.05, 4.69) is 5.32 Å². The Bertz CT molecular complexity index is 646. The van der Waals surface area contributed by atoms with Gasteiger partial charge < -0.3 is 19.4 Å². The highest BCUT2D eigenvalue weighted by molar-refractivity contribution is 5.91. The van der Waals surface area contributed by atoms with Crippen LogP contribution in [-0.4, -0.2) is 41.6 Å². The fraction of sp³-hybridized carbons (Fsp3) is 0.684. The van der Waals surface area contributed by atoms with Crippen LogP contribution in [0.3, 0.4) is 0 Å². The zero-order valence-corrected chi connectivity index (χ0v) is 15.5. The molecule has 2 amide bonds. The van der Waals surface area contributed by atoms with Crippen LogP contribution in [-0.2, 0) is 11.2 Å². The minimum atomic E-state index is -0.504. The second-order valence-corrected chi connectivity index (χ2v) is 8.08. The van der Waals surface area contributed by atoms with Gasteiger partial charge in [-0.1, -0.05) is 6.92 Å². The molecule has 6 heteroatoms. The van der Waals surface area contributed by atoms with Gasteiger partial charge >= 0.3 is 6.09 Å². The Morgan fingerprint density at radius 1 is 1.28 bits per heavy atom. The summed E-state index contributed by atoms with van der Waals surface area (Å²) in [6, 6.07) is 3.68. The number of carbonyl (C=O) groups excluding carboxylic acids is 2. The molecule has 0 aromatic carbocycles. The Morgan fingerprint density at radius 2 is 2.04 bits per heavy atom. The number of fused-ring (bicyclic) bond motifs is 1. The van der Waals surface area contributed by atoms with Gasteiger partial charge in [0.15, 0.2) is 5.76 Å². The van der Waals surface area contributed by atoms with E-state index >= 15 is 0 Å². The van der Waals surface area contributed by atoms with E-state index in [0.29, 0.717) is 18.2 Å². The van der Waals surface area contributed by atoms with Crippen LogP contribution < -0.4 is 5.32 Å². The number of hydrogen-bond donors (Lipinski definition) is 1. The first-order valence-electron chi connectivity index (χ1n) is 9.14. The van der Waals surface area contributed by atoms with E-state index in [9.17, 15) is 9.59 Å². The van der Waals surface area contributed by atoms with Crippen LogP contribution in [0.2, 0.25) is 0 Å². The molecule has 6 nitrogen and oxygen atoms in total. The molecule has 2 aliphatic rings. The molecule has 3 atom stereocenters. The summed E-state index contributed by atoms with van der Waals surface area (Å²) < 4.78 is 11.0. The molecule has 1 aliphatic carbocycles. The third kappa shape index (κ3) is 3.99. The van der Waals surface area contributed by atoms with Gasteiger partial charge in [-0.3, -0.25) is 4.79 Å². The molecule has 1 saturated carbocycles. The van der Waals surface area contributed by atoms with Crippen molar-refractivity contribution in [3.8, 4) is 0 Å². The molecule has 2 heterocycles. The van der Waals surface area contributed by atoms with Crippen LogP contribution in [0.25, 0.3) is 0 Å². The van der Waals surface area contributed by atoms with Gasteiger partial charge in [0.1, 0.15) is 11.4 Å². The molecule has 0 bridgehead atoms. The normalized spacial score (nSPS) is 25.8. The molecular formula is C19H28N2O4. The van der Waals surface area contributed by atoms with Gasteiger partial charge in [0, 0.05) is 31.5 Å². The van der Waals surface area contributed by atoms with Crippen LogP contribution in [0.5, 0.6) is 0 Å². The van der Waals surface area contributed by atoms with Gasteiger partial charge in [0.05, 0.1) is 0 Å². The number of carbonyl (C=O) groups is 2. The van der Waals surface area contributed by atoms with Crippen molar-refractivity contribution in [1.29, 1.82) is 0 Å². The lowest BCUT2D eigenvalue weighted by atomic mass is 9.98. The summed E-state index contributed by atoms with van der Waals surface area (Å²) in [4.78, 5) is 26.5. The first kappa shape index (κ1) is 17.8. The molecule has 25 heavy (non-hydrogen) atoms. The van der Waals surface area contributed by atoms with Crippen LogP contribution in [0.4, 0.5) is 4.79 Å². The minimum absolute atomic E-state index is 0.0508. The highest BCUT2D eigenvalue weighted by Gasteiger charge is 2.45.